The lowest BCUT2D eigenvalue weighted by molar-refractivity contribution is -0.115. The quantitative estimate of drug-likeness (QED) is 0.154. The van der Waals surface area contributed by atoms with E-state index in [4.69, 9.17) is 18.9 Å². The van der Waals surface area contributed by atoms with E-state index in [1.165, 1.54) is 11.8 Å². The minimum absolute atomic E-state index is 0.199. The highest BCUT2D eigenvalue weighted by Crippen LogP contribution is 2.39. The standard InChI is InChI=1S/C34H31BrN2O5S/c1-3-39-29-18-24(15-16-28(29)41-21-23-11-7-5-8-12-23)22-42-32-27(35)17-25(19-30(32)40-4-2)20-31-33(38)37-34(43-31)36-26-13-9-6-10-14-26/h5-20H,3-4,21-22H2,1-2H3,(H,36,37,38)/b31-20+. The molecule has 0 unspecified atom stereocenters. The molecule has 0 bridgehead atoms. The Bertz CT molecular complexity index is 1630. The van der Waals surface area contributed by atoms with Crippen molar-refractivity contribution < 1.29 is 23.7 Å². The van der Waals surface area contributed by atoms with Crippen molar-refractivity contribution in [3.63, 3.8) is 0 Å². The summed E-state index contributed by atoms with van der Waals surface area (Å²) >= 11 is 4.94. The van der Waals surface area contributed by atoms with Crippen molar-refractivity contribution >= 4 is 50.5 Å². The molecule has 220 valence electrons. The smallest absolute Gasteiger partial charge is 0.264 e. The fourth-order valence-corrected chi connectivity index (χ4v) is 5.66. The summed E-state index contributed by atoms with van der Waals surface area (Å²) in [5, 5.41) is 3.37. The van der Waals surface area contributed by atoms with E-state index >= 15 is 0 Å². The van der Waals surface area contributed by atoms with Crippen LogP contribution >= 0.6 is 27.7 Å². The van der Waals surface area contributed by atoms with Crippen LogP contribution in [0.4, 0.5) is 5.69 Å². The van der Waals surface area contributed by atoms with Crippen LogP contribution in [0.5, 0.6) is 23.0 Å². The molecular weight excluding hydrogens is 628 g/mol. The zero-order valence-electron chi connectivity index (χ0n) is 23.8. The molecule has 0 aliphatic carbocycles. The summed E-state index contributed by atoms with van der Waals surface area (Å²) in [5.74, 6) is 2.27. The monoisotopic (exact) mass is 658 g/mol. The number of carbonyl (C=O) groups excluding carboxylic acids is 1. The molecule has 0 radical (unpaired) electrons. The lowest BCUT2D eigenvalue weighted by Gasteiger charge is -2.16. The third-order valence-corrected chi connectivity index (χ3v) is 7.69. The van der Waals surface area contributed by atoms with Gasteiger partial charge in [-0.1, -0.05) is 54.6 Å². The highest BCUT2D eigenvalue weighted by atomic mass is 79.9. The molecule has 1 heterocycles. The topological polar surface area (TPSA) is 78.4 Å². The molecule has 1 aliphatic rings. The highest BCUT2D eigenvalue weighted by molar-refractivity contribution is 9.10. The van der Waals surface area contributed by atoms with Crippen LogP contribution in [0, 0.1) is 0 Å². The fraction of sp³-hybridized carbons (Fsp3) is 0.176. The maximum atomic E-state index is 12.6. The van der Waals surface area contributed by atoms with Crippen LogP contribution in [0.2, 0.25) is 0 Å². The Morgan fingerprint density at radius 3 is 2.21 bits per heavy atom. The number of amidine groups is 1. The number of nitrogens with one attached hydrogen (secondary N) is 1. The van der Waals surface area contributed by atoms with Gasteiger partial charge in [0, 0.05) is 0 Å². The van der Waals surface area contributed by atoms with Crippen molar-refractivity contribution in [2.75, 3.05) is 13.2 Å². The van der Waals surface area contributed by atoms with Gasteiger partial charge in [-0.05, 0) is 101 Å². The highest BCUT2D eigenvalue weighted by Gasteiger charge is 2.24. The average Bonchev–Trinajstić information content (AvgIpc) is 3.35. The normalized spacial score (nSPS) is 14.5. The maximum Gasteiger partial charge on any atom is 0.264 e. The van der Waals surface area contributed by atoms with E-state index in [0.29, 0.717) is 57.4 Å². The van der Waals surface area contributed by atoms with E-state index in [1.54, 1.807) is 0 Å². The Morgan fingerprint density at radius 1 is 0.767 bits per heavy atom. The van der Waals surface area contributed by atoms with Crippen LogP contribution in [0.25, 0.3) is 6.08 Å². The molecule has 0 spiro atoms. The van der Waals surface area contributed by atoms with Gasteiger partial charge in [0.2, 0.25) is 0 Å². The average molecular weight is 660 g/mol. The minimum atomic E-state index is -0.199. The van der Waals surface area contributed by atoms with Crippen LogP contribution < -0.4 is 24.3 Å². The first-order valence-corrected chi connectivity index (χ1v) is 15.5. The number of benzene rings is 4. The van der Waals surface area contributed by atoms with Crippen LogP contribution in [0.3, 0.4) is 0 Å². The summed E-state index contributed by atoms with van der Waals surface area (Å²) in [6, 6.07) is 29.1. The lowest BCUT2D eigenvalue weighted by atomic mass is 10.1. The summed E-state index contributed by atoms with van der Waals surface area (Å²) in [7, 11) is 0. The van der Waals surface area contributed by atoms with Crippen LogP contribution in [-0.4, -0.2) is 24.3 Å². The second-order valence-corrected chi connectivity index (χ2v) is 11.2. The molecule has 9 heteroatoms. The summed E-state index contributed by atoms with van der Waals surface area (Å²) in [6.07, 6.45) is 1.81. The summed E-state index contributed by atoms with van der Waals surface area (Å²) < 4.78 is 24.8. The van der Waals surface area contributed by atoms with Crippen molar-refractivity contribution in [3.05, 3.63) is 117 Å². The van der Waals surface area contributed by atoms with E-state index in [-0.39, 0.29) is 12.5 Å². The molecule has 0 atom stereocenters. The summed E-state index contributed by atoms with van der Waals surface area (Å²) in [4.78, 5) is 17.7. The third-order valence-electron chi connectivity index (χ3n) is 6.20. The van der Waals surface area contributed by atoms with Crippen LogP contribution in [-0.2, 0) is 18.0 Å². The lowest BCUT2D eigenvalue weighted by Crippen LogP contribution is -2.19. The summed E-state index contributed by atoms with van der Waals surface area (Å²) in [6.45, 7) is 5.56. The molecular formula is C34H31BrN2O5S. The maximum absolute atomic E-state index is 12.6. The first-order valence-electron chi connectivity index (χ1n) is 13.9. The number of para-hydroxylation sites is 1. The first-order chi connectivity index (χ1) is 21.0. The van der Waals surface area contributed by atoms with E-state index in [1.807, 2.05) is 111 Å². The third kappa shape index (κ3) is 8.21. The second-order valence-electron chi connectivity index (χ2n) is 9.36. The summed E-state index contributed by atoms with van der Waals surface area (Å²) in [5.41, 5.74) is 3.56. The number of hydrogen-bond acceptors (Lipinski definition) is 7. The second kappa shape index (κ2) is 14.8. The molecule has 7 nitrogen and oxygen atoms in total. The number of halogens is 1. The molecule has 1 aliphatic heterocycles. The van der Waals surface area contributed by atoms with E-state index in [0.717, 1.165) is 22.4 Å². The van der Waals surface area contributed by atoms with Crippen LogP contribution in [0.1, 0.15) is 30.5 Å². The van der Waals surface area contributed by atoms with Gasteiger partial charge in [0.25, 0.3) is 5.91 Å². The number of amides is 1. The van der Waals surface area contributed by atoms with Gasteiger partial charge in [0.15, 0.2) is 28.2 Å². The van der Waals surface area contributed by atoms with Gasteiger partial charge in [-0.3, -0.25) is 4.79 Å². The molecule has 1 fully saturated rings. The fourth-order valence-electron chi connectivity index (χ4n) is 4.25. The van der Waals surface area contributed by atoms with E-state index in [9.17, 15) is 4.79 Å². The van der Waals surface area contributed by atoms with Gasteiger partial charge in [-0.15, -0.1) is 0 Å². The number of carbonyl (C=O) groups is 1. The first kappa shape index (κ1) is 30.3. The van der Waals surface area contributed by atoms with Crippen molar-refractivity contribution in [2.24, 2.45) is 4.99 Å². The molecule has 5 rings (SSSR count). The SMILES string of the molecule is CCOc1cc(COc2c(Br)cc(/C=C3/SC(=Nc4ccccc4)NC3=O)cc2OCC)ccc1OCc1ccccc1. The van der Waals surface area contributed by atoms with Crippen molar-refractivity contribution in [3.8, 4) is 23.0 Å². The van der Waals surface area contributed by atoms with Gasteiger partial charge >= 0.3 is 0 Å². The molecule has 43 heavy (non-hydrogen) atoms. The predicted molar refractivity (Wildman–Crippen MR) is 175 cm³/mol. The Balaban J connectivity index is 1.30. The number of rotatable bonds is 12. The molecule has 1 saturated heterocycles. The number of nitrogens with zero attached hydrogens (tertiary/aromatic N) is 1. The number of ether oxygens (including phenoxy) is 4. The van der Waals surface area contributed by atoms with Crippen molar-refractivity contribution in [2.45, 2.75) is 27.1 Å². The molecule has 4 aromatic rings. The van der Waals surface area contributed by atoms with Gasteiger partial charge in [0.1, 0.15) is 13.2 Å². The van der Waals surface area contributed by atoms with Crippen LogP contribution in [0.15, 0.2) is 105 Å². The van der Waals surface area contributed by atoms with Gasteiger partial charge in [-0.2, -0.15) is 0 Å². The van der Waals surface area contributed by atoms with Gasteiger partial charge in [0.05, 0.1) is 28.3 Å². The van der Waals surface area contributed by atoms with Gasteiger partial charge in [-0.25, -0.2) is 4.99 Å². The number of thioether (sulfide) groups is 1. The molecule has 0 aromatic heterocycles. The molecule has 1 amide bonds. The Labute approximate surface area is 264 Å². The van der Waals surface area contributed by atoms with Crippen molar-refractivity contribution in [1.29, 1.82) is 0 Å². The molecule has 0 saturated carbocycles. The molecule has 4 aromatic carbocycles. The molecule has 1 N–H and O–H groups in total. The largest absolute Gasteiger partial charge is 0.490 e. The zero-order valence-corrected chi connectivity index (χ0v) is 26.2. The van der Waals surface area contributed by atoms with Gasteiger partial charge < -0.3 is 24.3 Å². The van der Waals surface area contributed by atoms with Crippen molar-refractivity contribution in [1.82, 2.24) is 5.32 Å². The Morgan fingerprint density at radius 2 is 1.47 bits per heavy atom. The van der Waals surface area contributed by atoms with E-state index < -0.39 is 0 Å². The Hall–Kier alpha value is -4.21. The zero-order chi connectivity index (χ0) is 30.0. The Kier molecular flexibility index (Phi) is 10.4. The van der Waals surface area contributed by atoms with E-state index in [2.05, 4.69) is 26.2 Å². The number of hydrogen-bond donors (Lipinski definition) is 1. The number of aliphatic imine (C=N–C) groups is 1. The minimum Gasteiger partial charge on any atom is -0.490 e. The predicted octanol–water partition coefficient (Wildman–Crippen LogP) is 8.30.